The van der Waals surface area contributed by atoms with E-state index in [1.165, 1.54) is 0 Å². The second-order valence-electron chi connectivity index (χ2n) is 3.97. The predicted octanol–water partition coefficient (Wildman–Crippen LogP) is 1.07. The Morgan fingerprint density at radius 1 is 1.33 bits per heavy atom. The van der Waals surface area contributed by atoms with Crippen LogP contribution in [-0.4, -0.2) is 24.7 Å². The maximum Gasteiger partial charge on any atom is 0.246 e. The summed E-state index contributed by atoms with van der Waals surface area (Å²) in [6.07, 6.45) is 3.76. The smallest absolute Gasteiger partial charge is 0.246 e. The van der Waals surface area contributed by atoms with Gasteiger partial charge in [-0.3, -0.25) is 0 Å². The normalized spacial score (nSPS) is 11.9. The molecule has 7 heteroatoms. The number of rotatable bonds is 5. The van der Waals surface area contributed by atoms with Crippen LogP contribution in [0, 0.1) is 13.8 Å². The summed E-state index contributed by atoms with van der Waals surface area (Å²) in [4.78, 5) is 0.134. The van der Waals surface area contributed by atoms with Gasteiger partial charge >= 0.3 is 0 Å². The molecule has 0 bridgehead atoms. The number of aromatic nitrogens is 2. The van der Waals surface area contributed by atoms with E-state index in [4.69, 9.17) is 4.52 Å². The number of nitrogens with zero attached hydrogens (tertiary/aromatic N) is 2. The van der Waals surface area contributed by atoms with E-state index in [0.717, 1.165) is 0 Å². The highest BCUT2D eigenvalue weighted by molar-refractivity contribution is 7.89. The van der Waals surface area contributed by atoms with Gasteiger partial charge in [-0.2, -0.15) is 0 Å². The Kier molecular flexibility index (Phi) is 3.53. The third-order valence-electron chi connectivity index (χ3n) is 2.56. The third kappa shape index (κ3) is 2.62. The van der Waals surface area contributed by atoms with E-state index < -0.39 is 10.0 Å². The van der Waals surface area contributed by atoms with Gasteiger partial charge in [-0.1, -0.05) is 5.16 Å². The Morgan fingerprint density at radius 2 is 2.00 bits per heavy atom. The molecule has 0 atom stereocenters. The topological polar surface area (TPSA) is 77.1 Å². The molecule has 98 valence electrons. The van der Waals surface area contributed by atoms with Crippen molar-refractivity contribution in [3.8, 4) is 0 Å². The standard InChI is InChI=1S/C11H15N3O3S/c1-9-11(10(2)17-13-9)18(15,16)12-5-8-14-6-3-4-7-14/h3-4,6-7,12H,5,8H2,1-2H3. The quantitative estimate of drug-likeness (QED) is 0.880. The lowest BCUT2D eigenvalue weighted by Gasteiger charge is -2.06. The summed E-state index contributed by atoms with van der Waals surface area (Å²) in [7, 11) is -3.55. The summed E-state index contributed by atoms with van der Waals surface area (Å²) in [6, 6.07) is 3.78. The first-order chi connectivity index (χ1) is 8.50. The summed E-state index contributed by atoms with van der Waals surface area (Å²) in [6.45, 7) is 4.09. The van der Waals surface area contributed by atoms with E-state index in [1.807, 2.05) is 29.1 Å². The highest BCUT2D eigenvalue weighted by Crippen LogP contribution is 2.18. The number of nitrogens with one attached hydrogen (secondary N) is 1. The molecule has 0 aliphatic carbocycles. The average molecular weight is 269 g/mol. The van der Waals surface area contributed by atoms with Crippen LogP contribution in [0.3, 0.4) is 0 Å². The van der Waals surface area contributed by atoms with Crippen molar-refractivity contribution in [1.82, 2.24) is 14.4 Å². The second kappa shape index (κ2) is 4.95. The zero-order valence-corrected chi connectivity index (χ0v) is 11.1. The lowest BCUT2D eigenvalue weighted by Crippen LogP contribution is -2.27. The first-order valence-electron chi connectivity index (χ1n) is 5.54. The molecule has 0 saturated carbocycles. The van der Waals surface area contributed by atoms with Gasteiger partial charge in [-0.15, -0.1) is 0 Å². The zero-order valence-electron chi connectivity index (χ0n) is 10.3. The number of hydrogen-bond donors (Lipinski definition) is 1. The molecule has 0 aliphatic rings. The SMILES string of the molecule is Cc1noc(C)c1S(=O)(=O)NCCn1cccc1. The molecule has 6 nitrogen and oxygen atoms in total. The minimum Gasteiger partial charge on any atom is -0.360 e. The van der Waals surface area contributed by atoms with Crippen LogP contribution in [0.1, 0.15) is 11.5 Å². The number of hydrogen-bond acceptors (Lipinski definition) is 4. The van der Waals surface area contributed by atoms with Gasteiger partial charge in [0.15, 0.2) is 5.76 Å². The fraction of sp³-hybridized carbons (Fsp3) is 0.364. The molecule has 2 aromatic rings. The van der Waals surface area contributed by atoms with Crippen molar-refractivity contribution in [1.29, 1.82) is 0 Å². The summed E-state index contributed by atoms with van der Waals surface area (Å²) in [5.41, 5.74) is 0.376. The van der Waals surface area contributed by atoms with Gasteiger partial charge in [0.05, 0.1) is 0 Å². The molecule has 0 aliphatic heterocycles. The first-order valence-corrected chi connectivity index (χ1v) is 7.02. The van der Waals surface area contributed by atoms with E-state index in [2.05, 4.69) is 9.88 Å². The Labute approximate surface area is 106 Å². The molecule has 0 aromatic carbocycles. The largest absolute Gasteiger partial charge is 0.360 e. The highest BCUT2D eigenvalue weighted by Gasteiger charge is 2.23. The van der Waals surface area contributed by atoms with Crippen molar-refractivity contribution < 1.29 is 12.9 Å². The van der Waals surface area contributed by atoms with Crippen molar-refractivity contribution in [3.05, 3.63) is 36.0 Å². The van der Waals surface area contributed by atoms with Crippen LogP contribution in [-0.2, 0) is 16.6 Å². The van der Waals surface area contributed by atoms with E-state index in [9.17, 15) is 8.42 Å². The van der Waals surface area contributed by atoms with Crippen LogP contribution in [0.25, 0.3) is 0 Å². The maximum absolute atomic E-state index is 12.0. The van der Waals surface area contributed by atoms with Crippen molar-refractivity contribution in [2.24, 2.45) is 0 Å². The lowest BCUT2D eigenvalue weighted by molar-refractivity contribution is 0.390. The Bertz CT molecular complexity index is 595. The molecule has 0 unspecified atom stereocenters. The van der Waals surface area contributed by atoms with Gasteiger partial charge in [0.25, 0.3) is 0 Å². The molecular weight excluding hydrogens is 254 g/mol. The van der Waals surface area contributed by atoms with Crippen LogP contribution >= 0.6 is 0 Å². The van der Waals surface area contributed by atoms with E-state index >= 15 is 0 Å². The maximum atomic E-state index is 12.0. The monoisotopic (exact) mass is 269 g/mol. The van der Waals surface area contributed by atoms with Crippen LogP contribution in [0.5, 0.6) is 0 Å². The first kappa shape index (κ1) is 12.8. The van der Waals surface area contributed by atoms with Gasteiger partial charge in [0.2, 0.25) is 10.0 Å². The molecule has 2 heterocycles. The van der Waals surface area contributed by atoms with Crippen LogP contribution < -0.4 is 4.72 Å². The molecule has 18 heavy (non-hydrogen) atoms. The lowest BCUT2D eigenvalue weighted by atomic mass is 10.4. The van der Waals surface area contributed by atoms with E-state index in [0.29, 0.717) is 24.5 Å². The Morgan fingerprint density at radius 3 is 2.56 bits per heavy atom. The predicted molar refractivity (Wildman–Crippen MR) is 65.6 cm³/mol. The second-order valence-corrected chi connectivity index (χ2v) is 5.68. The molecule has 0 saturated heterocycles. The van der Waals surface area contributed by atoms with Crippen molar-refractivity contribution in [2.45, 2.75) is 25.3 Å². The van der Waals surface area contributed by atoms with Gasteiger partial charge in [-0.25, -0.2) is 13.1 Å². The summed E-state index contributed by atoms with van der Waals surface area (Å²) < 4.78 is 33.4. The molecule has 2 aromatic heterocycles. The van der Waals surface area contributed by atoms with Crippen molar-refractivity contribution in [2.75, 3.05) is 6.54 Å². The molecule has 0 fully saturated rings. The Balaban J connectivity index is 2.04. The van der Waals surface area contributed by atoms with Gasteiger partial charge in [-0.05, 0) is 26.0 Å². The summed E-state index contributed by atoms with van der Waals surface area (Å²) >= 11 is 0. The summed E-state index contributed by atoms with van der Waals surface area (Å²) in [5.74, 6) is 0.306. The Hall–Kier alpha value is -1.60. The fourth-order valence-corrected chi connectivity index (χ4v) is 3.11. The van der Waals surface area contributed by atoms with Gasteiger partial charge < -0.3 is 9.09 Å². The molecule has 0 amide bonds. The van der Waals surface area contributed by atoms with E-state index in [1.54, 1.807) is 13.8 Å². The third-order valence-corrected chi connectivity index (χ3v) is 4.27. The molecular formula is C11H15N3O3S. The molecule has 0 radical (unpaired) electrons. The summed E-state index contributed by atoms with van der Waals surface area (Å²) in [5, 5.41) is 3.64. The van der Waals surface area contributed by atoms with Gasteiger partial charge in [0.1, 0.15) is 10.6 Å². The molecule has 1 N–H and O–H groups in total. The zero-order chi connectivity index (χ0) is 13.2. The molecule has 2 rings (SSSR count). The van der Waals surface area contributed by atoms with Crippen LogP contribution in [0.4, 0.5) is 0 Å². The number of sulfonamides is 1. The van der Waals surface area contributed by atoms with Crippen LogP contribution in [0.15, 0.2) is 33.9 Å². The van der Waals surface area contributed by atoms with Crippen molar-refractivity contribution >= 4 is 10.0 Å². The minimum absolute atomic E-state index is 0.134. The fourth-order valence-electron chi connectivity index (χ4n) is 1.76. The minimum atomic E-state index is -3.55. The van der Waals surface area contributed by atoms with Crippen LogP contribution in [0.2, 0.25) is 0 Å². The van der Waals surface area contributed by atoms with E-state index in [-0.39, 0.29) is 4.90 Å². The van der Waals surface area contributed by atoms with Gasteiger partial charge in [0, 0.05) is 25.5 Å². The number of aryl methyl sites for hydroxylation is 2. The van der Waals surface area contributed by atoms with Crippen molar-refractivity contribution in [3.63, 3.8) is 0 Å². The highest BCUT2D eigenvalue weighted by atomic mass is 32.2. The molecule has 0 spiro atoms. The average Bonchev–Trinajstić information content (AvgIpc) is 2.89.